The van der Waals surface area contributed by atoms with Gasteiger partial charge in [-0.15, -0.1) is 0 Å². The van der Waals surface area contributed by atoms with Gasteiger partial charge in [-0.05, 0) is 12.8 Å². The van der Waals surface area contributed by atoms with E-state index in [1.54, 1.807) is 0 Å². The Kier molecular flexibility index (Phi) is 1.69. The van der Waals surface area contributed by atoms with Crippen LogP contribution in [0.1, 0.15) is 12.8 Å². The Bertz CT molecular complexity index is 155. The summed E-state index contributed by atoms with van der Waals surface area (Å²) in [7, 11) is 0. The quantitative estimate of drug-likeness (QED) is 0.528. The highest BCUT2D eigenvalue weighted by atomic mass is 16.2. The fraction of sp³-hybridized carbons (Fsp3) is 0.667. The summed E-state index contributed by atoms with van der Waals surface area (Å²) in [5, 5.41) is 10.5. The van der Waals surface area contributed by atoms with Gasteiger partial charge >= 0.3 is 0 Å². The average Bonchev–Trinajstić information content (AvgIpc) is 2.63. The molecule has 0 saturated heterocycles. The Morgan fingerprint density at radius 2 is 2.44 bits per heavy atom. The van der Waals surface area contributed by atoms with E-state index in [1.165, 1.54) is 0 Å². The summed E-state index contributed by atoms with van der Waals surface area (Å²) < 4.78 is 0. The van der Waals surface area contributed by atoms with Crippen LogP contribution in [-0.4, -0.2) is 12.5 Å². The summed E-state index contributed by atoms with van der Waals surface area (Å²) in [6.07, 6.45) is 1.99. The largest absolute Gasteiger partial charge is 0.343 e. The van der Waals surface area contributed by atoms with Crippen molar-refractivity contribution in [3.8, 4) is 6.07 Å². The molecule has 3 heteroatoms. The molecule has 0 unspecified atom stereocenters. The van der Waals surface area contributed by atoms with E-state index >= 15 is 0 Å². The van der Waals surface area contributed by atoms with E-state index in [2.05, 4.69) is 5.32 Å². The fourth-order valence-corrected chi connectivity index (χ4v) is 0.617. The van der Waals surface area contributed by atoms with E-state index in [-0.39, 0.29) is 18.4 Å². The van der Waals surface area contributed by atoms with E-state index in [9.17, 15) is 4.79 Å². The van der Waals surface area contributed by atoms with Crippen molar-refractivity contribution < 1.29 is 4.79 Å². The molecule has 0 aliphatic heterocycles. The predicted molar refractivity (Wildman–Crippen MR) is 31.3 cm³/mol. The lowest BCUT2D eigenvalue weighted by atomic mass is 10.4. The molecule has 0 aromatic rings. The molecule has 1 aliphatic rings. The zero-order valence-electron chi connectivity index (χ0n) is 5.05. The topological polar surface area (TPSA) is 52.9 Å². The van der Waals surface area contributed by atoms with E-state index in [0.717, 1.165) is 12.8 Å². The Morgan fingerprint density at radius 3 is 2.89 bits per heavy atom. The van der Waals surface area contributed by atoms with Gasteiger partial charge in [0.1, 0.15) is 6.54 Å². The first-order chi connectivity index (χ1) is 4.34. The summed E-state index contributed by atoms with van der Waals surface area (Å²) in [5.41, 5.74) is 0. The standard InChI is InChI=1S/C6H8N2O/c7-3-4-8-6(9)5-1-2-5/h5H,1-2,4H2,(H,8,9). The lowest BCUT2D eigenvalue weighted by molar-refractivity contribution is -0.122. The molecule has 1 rings (SSSR count). The van der Waals surface area contributed by atoms with Crippen molar-refractivity contribution in [1.29, 1.82) is 5.26 Å². The van der Waals surface area contributed by atoms with Crippen LogP contribution in [0.4, 0.5) is 0 Å². The van der Waals surface area contributed by atoms with Crippen molar-refractivity contribution in [3.63, 3.8) is 0 Å². The number of hydrogen-bond donors (Lipinski definition) is 1. The number of amides is 1. The van der Waals surface area contributed by atoms with Crippen LogP contribution in [0.3, 0.4) is 0 Å². The van der Waals surface area contributed by atoms with Gasteiger partial charge in [-0.3, -0.25) is 4.79 Å². The first-order valence-electron chi connectivity index (χ1n) is 2.99. The maximum Gasteiger partial charge on any atom is 0.223 e. The van der Waals surface area contributed by atoms with Gasteiger partial charge in [0.2, 0.25) is 5.91 Å². The van der Waals surface area contributed by atoms with Crippen molar-refractivity contribution in [2.75, 3.05) is 6.54 Å². The van der Waals surface area contributed by atoms with Crippen molar-refractivity contribution in [3.05, 3.63) is 0 Å². The molecule has 3 nitrogen and oxygen atoms in total. The highest BCUT2D eigenvalue weighted by Gasteiger charge is 2.28. The van der Waals surface area contributed by atoms with Gasteiger partial charge in [0.25, 0.3) is 0 Å². The summed E-state index contributed by atoms with van der Waals surface area (Å²) in [5.74, 6) is 0.259. The smallest absolute Gasteiger partial charge is 0.223 e. The molecule has 1 aliphatic carbocycles. The van der Waals surface area contributed by atoms with Crippen LogP contribution >= 0.6 is 0 Å². The van der Waals surface area contributed by atoms with E-state index in [4.69, 9.17) is 5.26 Å². The number of nitrogens with zero attached hydrogens (tertiary/aromatic N) is 1. The average molecular weight is 124 g/mol. The van der Waals surface area contributed by atoms with Crippen LogP contribution in [0, 0.1) is 17.2 Å². The Hall–Kier alpha value is -1.04. The molecule has 0 atom stereocenters. The molecule has 0 radical (unpaired) electrons. The zero-order chi connectivity index (χ0) is 6.69. The predicted octanol–water partition coefficient (Wildman–Crippen LogP) is 0.0362. The van der Waals surface area contributed by atoms with Crippen molar-refractivity contribution in [2.24, 2.45) is 5.92 Å². The highest BCUT2D eigenvalue weighted by molar-refractivity contribution is 5.80. The van der Waals surface area contributed by atoms with Gasteiger partial charge in [-0.2, -0.15) is 5.26 Å². The van der Waals surface area contributed by atoms with Crippen molar-refractivity contribution in [2.45, 2.75) is 12.8 Å². The molecule has 9 heavy (non-hydrogen) atoms. The third kappa shape index (κ3) is 1.73. The maximum absolute atomic E-state index is 10.7. The van der Waals surface area contributed by atoms with Gasteiger partial charge < -0.3 is 5.32 Å². The molecule has 1 saturated carbocycles. The minimum atomic E-state index is 0.0385. The minimum Gasteiger partial charge on any atom is -0.343 e. The minimum absolute atomic E-state index is 0.0385. The van der Waals surface area contributed by atoms with Crippen LogP contribution < -0.4 is 5.32 Å². The second kappa shape index (κ2) is 2.49. The van der Waals surface area contributed by atoms with E-state index in [0.29, 0.717) is 0 Å². The normalized spacial score (nSPS) is 16.3. The van der Waals surface area contributed by atoms with Gasteiger partial charge in [0, 0.05) is 5.92 Å². The lowest BCUT2D eigenvalue weighted by Gasteiger charge is -1.94. The van der Waals surface area contributed by atoms with Crippen LogP contribution in [0.25, 0.3) is 0 Å². The summed E-state index contributed by atoms with van der Waals surface area (Å²) in [6, 6.07) is 1.85. The van der Waals surface area contributed by atoms with Crippen LogP contribution in [0.15, 0.2) is 0 Å². The molecule has 1 fully saturated rings. The molecule has 1 amide bonds. The summed E-state index contributed by atoms with van der Waals surface area (Å²) >= 11 is 0. The Morgan fingerprint density at radius 1 is 1.78 bits per heavy atom. The molecule has 0 heterocycles. The molecule has 1 N–H and O–H groups in total. The van der Waals surface area contributed by atoms with Gasteiger partial charge in [0.15, 0.2) is 0 Å². The molecule has 0 aromatic carbocycles. The lowest BCUT2D eigenvalue weighted by Crippen LogP contribution is -2.24. The Balaban J connectivity index is 2.12. The SMILES string of the molecule is N#CCNC(=O)C1CC1. The molecule has 48 valence electrons. The number of hydrogen-bond acceptors (Lipinski definition) is 2. The van der Waals surface area contributed by atoms with Gasteiger partial charge in [-0.1, -0.05) is 0 Å². The first-order valence-corrected chi connectivity index (χ1v) is 2.99. The second-order valence-corrected chi connectivity index (χ2v) is 2.15. The third-order valence-electron chi connectivity index (χ3n) is 1.29. The van der Waals surface area contributed by atoms with E-state index in [1.807, 2.05) is 6.07 Å². The second-order valence-electron chi connectivity index (χ2n) is 2.15. The molecule has 0 spiro atoms. The number of carbonyl (C=O) groups excluding carboxylic acids is 1. The van der Waals surface area contributed by atoms with Gasteiger partial charge in [-0.25, -0.2) is 0 Å². The third-order valence-corrected chi connectivity index (χ3v) is 1.29. The zero-order valence-corrected chi connectivity index (χ0v) is 5.05. The van der Waals surface area contributed by atoms with Crippen LogP contribution in [-0.2, 0) is 4.79 Å². The van der Waals surface area contributed by atoms with Crippen molar-refractivity contribution >= 4 is 5.91 Å². The summed E-state index contributed by atoms with van der Waals surface area (Å²) in [4.78, 5) is 10.7. The van der Waals surface area contributed by atoms with E-state index < -0.39 is 0 Å². The van der Waals surface area contributed by atoms with Gasteiger partial charge in [0.05, 0.1) is 6.07 Å². The number of carbonyl (C=O) groups is 1. The van der Waals surface area contributed by atoms with Crippen LogP contribution in [0.2, 0.25) is 0 Å². The molecule has 0 bridgehead atoms. The monoisotopic (exact) mass is 124 g/mol. The molecular weight excluding hydrogens is 116 g/mol. The fourth-order valence-electron chi connectivity index (χ4n) is 0.617. The first kappa shape index (κ1) is 6.09. The van der Waals surface area contributed by atoms with Crippen LogP contribution in [0.5, 0.6) is 0 Å². The van der Waals surface area contributed by atoms with Crippen molar-refractivity contribution in [1.82, 2.24) is 5.32 Å². The highest BCUT2D eigenvalue weighted by Crippen LogP contribution is 2.28. The number of nitrogens with one attached hydrogen (secondary N) is 1. The summed E-state index contributed by atoms with van der Waals surface area (Å²) in [6.45, 7) is 0.148. The number of rotatable bonds is 2. The Labute approximate surface area is 53.7 Å². The number of nitriles is 1. The molecular formula is C6H8N2O. The maximum atomic E-state index is 10.7. The molecule has 0 aromatic heterocycles.